The first kappa shape index (κ1) is 91.1. The lowest BCUT2D eigenvalue weighted by molar-refractivity contribution is -0.161. The Bertz CT molecular complexity index is 1770. The molecule has 17 nitrogen and oxygen atoms in total. The second-order valence-electron chi connectivity index (χ2n) is 26.7. The summed E-state index contributed by atoms with van der Waals surface area (Å²) in [7, 11) is -9.90. The molecule has 2 unspecified atom stereocenters. The first-order valence-electron chi connectivity index (χ1n) is 38.8. The Morgan fingerprint density at radius 2 is 0.430 bits per heavy atom. The van der Waals surface area contributed by atoms with Crippen LogP contribution in [0.15, 0.2) is 0 Å². The minimum absolute atomic E-state index is 0.107. The number of rotatable bonds is 75. The van der Waals surface area contributed by atoms with Crippen molar-refractivity contribution in [2.75, 3.05) is 39.6 Å². The third-order valence-corrected chi connectivity index (χ3v) is 19.3. The van der Waals surface area contributed by atoms with E-state index in [-0.39, 0.29) is 25.7 Å². The number of aliphatic hydroxyl groups excluding tert-OH is 1. The molecule has 0 saturated heterocycles. The average Bonchev–Trinajstić information content (AvgIpc) is 2.58. The number of aliphatic hydroxyl groups is 1. The van der Waals surface area contributed by atoms with E-state index in [1.165, 1.54) is 218 Å². The molecule has 0 spiro atoms. The van der Waals surface area contributed by atoms with Gasteiger partial charge in [0.1, 0.15) is 19.3 Å². The maximum absolute atomic E-state index is 13.1. The highest BCUT2D eigenvalue weighted by molar-refractivity contribution is 7.47. The fourth-order valence-electron chi connectivity index (χ4n) is 11.4. The molecular formula is C74H144O17P2. The monoisotopic (exact) mass is 1370 g/mol. The smallest absolute Gasteiger partial charge is 0.462 e. The Morgan fingerprint density at radius 3 is 0.634 bits per heavy atom. The summed E-state index contributed by atoms with van der Waals surface area (Å²) in [4.78, 5) is 72.6. The van der Waals surface area contributed by atoms with Crippen molar-refractivity contribution in [3.8, 4) is 0 Å². The Balaban J connectivity index is 5.20. The van der Waals surface area contributed by atoms with E-state index >= 15 is 0 Å². The van der Waals surface area contributed by atoms with Crippen LogP contribution in [0, 0.1) is 0 Å². The molecule has 0 aliphatic carbocycles. The molecule has 0 aromatic carbocycles. The summed E-state index contributed by atoms with van der Waals surface area (Å²) < 4.78 is 68.4. The standard InChI is InChI=1S/C74H144O17P2/c1-5-9-13-17-21-25-28-30-32-34-35-37-39-42-45-49-53-57-61-74(79)91-70(65-85-72(77)59-55-51-47-43-41-38-36-33-31-29-26-22-18-14-10-6-2)67-89-93(82,83)87-63-68(75)62-86-92(80,81)88-66-69(64-84-71(76)58-54-50-46-24-20-16-12-8-4)90-73(78)60-56-52-48-44-40-27-23-19-15-11-7-3/h68-70,75H,5-67H2,1-4H3,(H,80,81)(H,82,83)/t68-,69+,70+/m0/s1. The van der Waals surface area contributed by atoms with Crippen molar-refractivity contribution in [3.63, 3.8) is 0 Å². The average molecular weight is 1370 g/mol. The number of ether oxygens (including phenoxy) is 4. The van der Waals surface area contributed by atoms with Gasteiger partial charge < -0.3 is 33.8 Å². The van der Waals surface area contributed by atoms with Gasteiger partial charge in [-0.3, -0.25) is 37.3 Å². The Kier molecular flexibility index (Phi) is 67.1. The molecule has 0 bridgehead atoms. The second kappa shape index (κ2) is 68.6. The van der Waals surface area contributed by atoms with Gasteiger partial charge in [0.2, 0.25) is 0 Å². The van der Waals surface area contributed by atoms with Gasteiger partial charge in [-0.2, -0.15) is 0 Å². The van der Waals surface area contributed by atoms with Gasteiger partial charge in [-0.15, -0.1) is 0 Å². The largest absolute Gasteiger partial charge is 0.472 e. The Labute approximate surface area is 568 Å². The molecule has 0 radical (unpaired) electrons. The van der Waals surface area contributed by atoms with Crippen LogP contribution in [0.3, 0.4) is 0 Å². The van der Waals surface area contributed by atoms with Crippen LogP contribution in [-0.2, 0) is 65.4 Å². The Morgan fingerprint density at radius 1 is 0.258 bits per heavy atom. The van der Waals surface area contributed by atoms with Gasteiger partial charge in [0.25, 0.3) is 0 Å². The van der Waals surface area contributed by atoms with Crippen molar-refractivity contribution in [2.24, 2.45) is 0 Å². The predicted octanol–water partition coefficient (Wildman–Crippen LogP) is 21.8. The van der Waals surface area contributed by atoms with E-state index in [0.29, 0.717) is 25.7 Å². The molecule has 0 aliphatic rings. The molecular weight excluding hydrogens is 1220 g/mol. The first-order valence-corrected chi connectivity index (χ1v) is 41.8. The molecule has 0 heterocycles. The van der Waals surface area contributed by atoms with Crippen LogP contribution in [0.4, 0.5) is 0 Å². The van der Waals surface area contributed by atoms with Gasteiger partial charge in [0.15, 0.2) is 12.2 Å². The van der Waals surface area contributed by atoms with Gasteiger partial charge in [-0.1, -0.05) is 342 Å². The van der Waals surface area contributed by atoms with E-state index < -0.39 is 97.5 Å². The normalized spacial score (nSPS) is 13.9. The predicted molar refractivity (Wildman–Crippen MR) is 377 cm³/mol. The van der Waals surface area contributed by atoms with Gasteiger partial charge >= 0.3 is 39.5 Å². The maximum atomic E-state index is 13.1. The number of unbranched alkanes of at least 4 members (excludes halogenated alkanes) is 49. The third kappa shape index (κ3) is 68.4. The number of hydrogen-bond donors (Lipinski definition) is 3. The molecule has 3 N–H and O–H groups in total. The highest BCUT2D eigenvalue weighted by Crippen LogP contribution is 2.45. The van der Waals surface area contributed by atoms with Crippen LogP contribution in [0.25, 0.3) is 0 Å². The summed E-state index contributed by atoms with van der Waals surface area (Å²) in [6.45, 7) is 4.95. The fourth-order valence-corrected chi connectivity index (χ4v) is 13.0. The quantitative estimate of drug-likeness (QED) is 0.0222. The minimum Gasteiger partial charge on any atom is -0.462 e. The van der Waals surface area contributed by atoms with E-state index in [1.54, 1.807) is 0 Å². The van der Waals surface area contributed by atoms with Crippen molar-refractivity contribution in [3.05, 3.63) is 0 Å². The number of phosphoric acid groups is 2. The van der Waals surface area contributed by atoms with Crippen molar-refractivity contribution < 1.29 is 80.2 Å². The van der Waals surface area contributed by atoms with Crippen LogP contribution in [0.1, 0.15) is 394 Å². The summed E-state index contributed by atoms with van der Waals surface area (Å²) >= 11 is 0. The summed E-state index contributed by atoms with van der Waals surface area (Å²) in [6.07, 6.45) is 58.3. The molecule has 0 aliphatic heterocycles. The zero-order valence-corrected chi connectivity index (χ0v) is 62.0. The summed E-state index contributed by atoms with van der Waals surface area (Å²) in [6, 6.07) is 0. The zero-order valence-electron chi connectivity index (χ0n) is 60.2. The van der Waals surface area contributed by atoms with E-state index in [9.17, 15) is 43.2 Å². The zero-order chi connectivity index (χ0) is 68.2. The van der Waals surface area contributed by atoms with Gasteiger partial charge in [0, 0.05) is 25.7 Å². The van der Waals surface area contributed by atoms with Crippen molar-refractivity contribution in [1.82, 2.24) is 0 Å². The third-order valence-electron chi connectivity index (χ3n) is 17.4. The van der Waals surface area contributed by atoms with Crippen molar-refractivity contribution >= 4 is 39.5 Å². The molecule has 19 heteroatoms. The van der Waals surface area contributed by atoms with Crippen LogP contribution in [0.2, 0.25) is 0 Å². The lowest BCUT2D eigenvalue weighted by atomic mass is 10.0. The molecule has 0 rings (SSSR count). The molecule has 0 fully saturated rings. The summed E-state index contributed by atoms with van der Waals surface area (Å²) in [5.41, 5.74) is 0. The maximum Gasteiger partial charge on any atom is 0.472 e. The highest BCUT2D eigenvalue weighted by atomic mass is 31.2. The molecule has 93 heavy (non-hydrogen) atoms. The SMILES string of the molecule is CCCCCCCCCCCCCCCCCCCCC(=O)O[C@H](COC(=O)CCCCCCCCCCCCCCCCCC)COP(=O)(O)OC[C@@H](O)COP(=O)(O)OC[C@@H](COC(=O)CCCCCCCCCC)OC(=O)CCCCCCCCCCCCC. The molecule has 5 atom stereocenters. The van der Waals surface area contributed by atoms with Crippen LogP contribution in [0.5, 0.6) is 0 Å². The Hall–Kier alpha value is -1.94. The van der Waals surface area contributed by atoms with Crippen molar-refractivity contribution in [2.45, 2.75) is 412 Å². The lowest BCUT2D eigenvalue weighted by Gasteiger charge is -2.21. The number of hydrogen-bond acceptors (Lipinski definition) is 15. The number of esters is 4. The van der Waals surface area contributed by atoms with Crippen molar-refractivity contribution in [1.29, 1.82) is 0 Å². The summed E-state index contributed by atoms with van der Waals surface area (Å²) in [5, 5.41) is 10.6. The molecule has 552 valence electrons. The topological polar surface area (TPSA) is 237 Å². The van der Waals surface area contributed by atoms with Crippen LogP contribution in [-0.4, -0.2) is 96.7 Å². The van der Waals surface area contributed by atoms with Gasteiger partial charge in [0.05, 0.1) is 26.4 Å². The molecule has 0 aromatic rings. The highest BCUT2D eigenvalue weighted by Gasteiger charge is 2.30. The molecule has 0 aromatic heterocycles. The van der Waals surface area contributed by atoms with Gasteiger partial charge in [-0.25, -0.2) is 9.13 Å². The second-order valence-corrected chi connectivity index (χ2v) is 29.6. The summed E-state index contributed by atoms with van der Waals surface area (Å²) in [5.74, 6) is -2.12. The van der Waals surface area contributed by atoms with E-state index in [4.69, 9.17) is 37.0 Å². The molecule has 0 amide bonds. The van der Waals surface area contributed by atoms with Crippen LogP contribution >= 0.6 is 15.6 Å². The van der Waals surface area contributed by atoms with Crippen LogP contribution < -0.4 is 0 Å². The number of carbonyl (C=O) groups excluding carboxylic acids is 4. The fraction of sp³-hybridized carbons (Fsp3) is 0.946. The first-order chi connectivity index (χ1) is 45.2. The number of carbonyl (C=O) groups is 4. The molecule has 0 saturated carbocycles. The minimum atomic E-state index is -4.95. The lowest BCUT2D eigenvalue weighted by Crippen LogP contribution is -2.30. The number of phosphoric ester groups is 2. The van der Waals surface area contributed by atoms with E-state index in [1.807, 2.05) is 0 Å². The van der Waals surface area contributed by atoms with E-state index in [2.05, 4.69) is 27.7 Å². The van der Waals surface area contributed by atoms with E-state index in [0.717, 1.165) is 96.3 Å². The van der Waals surface area contributed by atoms with Gasteiger partial charge in [-0.05, 0) is 25.7 Å².